The minimum absolute atomic E-state index is 0.0416. The van der Waals surface area contributed by atoms with Gasteiger partial charge >= 0.3 is 0 Å². The number of nitrogens with one attached hydrogen (secondary N) is 1. The minimum Gasteiger partial charge on any atom is -0.399 e. The molecule has 1 aromatic heterocycles. The van der Waals surface area contributed by atoms with Gasteiger partial charge in [0.15, 0.2) is 0 Å². The third kappa shape index (κ3) is 2.73. The Morgan fingerprint density at radius 1 is 1.53 bits per heavy atom. The summed E-state index contributed by atoms with van der Waals surface area (Å²) < 4.78 is 15.2. The Hall–Kier alpha value is -2.37. The summed E-state index contributed by atoms with van der Waals surface area (Å²) in [5.74, 6) is -1.15. The molecule has 3 N–H and O–H groups in total. The molecule has 1 heterocycles. The third-order valence-electron chi connectivity index (χ3n) is 2.73. The summed E-state index contributed by atoms with van der Waals surface area (Å²) in [6.07, 6.45) is 2.37. The van der Waals surface area contributed by atoms with Crippen LogP contribution in [0, 0.1) is 5.82 Å². The van der Waals surface area contributed by atoms with Crippen molar-refractivity contribution in [3.8, 4) is 0 Å². The largest absolute Gasteiger partial charge is 0.399 e. The fourth-order valence-electron chi connectivity index (χ4n) is 1.81. The molecule has 0 fully saturated rings. The van der Waals surface area contributed by atoms with Crippen molar-refractivity contribution in [3.05, 3.63) is 41.5 Å². The highest BCUT2D eigenvalue weighted by molar-refractivity contribution is 6.04. The first-order chi connectivity index (χ1) is 9.01. The first kappa shape index (κ1) is 13.1. The molecule has 0 unspecified atom stereocenters. The molecule has 2 rings (SSSR count). The van der Waals surface area contributed by atoms with Crippen molar-refractivity contribution in [2.24, 2.45) is 7.05 Å². The molecule has 5 nitrogen and oxygen atoms in total. The van der Waals surface area contributed by atoms with Crippen LogP contribution in [0.4, 0.5) is 15.8 Å². The first-order valence-corrected chi connectivity index (χ1v) is 5.90. The Labute approximate surface area is 110 Å². The average Bonchev–Trinajstić information content (AvgIpc) is 2.69. The highest BCUT2D eigenvalue weighted by atomic mass is 19.1. The lowest BCUT2D eigenvalue weighted by atomic mass is 10.1. The number of amides is 1. The summed E-state index contributed by atoms with van der Waals surface area (Å²) in [7, 11) is 1.76. The van der Waals surface area contributed by atoms with Crippen molar-refractivity contribution < 1.29 is 9.18 Å². The quantitative estimate of drug-likeness (QED) is 0.830. The van der Waals surface area contributed by atoms with Gasteiger partial charge in [-0.3, -0.25) is 9.48 Å². The predicted octanol–water partition coefficient (Wildman–Crippen LogP) is 1.96. The molecule has 1 aromatic carbocycles. The minimum atomic E-state index is -0.639. The van der Waals surface area contributed by atoms with E-state index in [1.165, 1.54) is 12.1 Å². The number of hydrogen-bond donors (Lipinski definition) is 2. The Morgan fingerprint density at radius 3 is 2.89 bits per heavy atom. The second-order valence-corrected chi connectivity index (χ2v) is 4.21. The van der Waals surface area contributed by atoms with E-state index >= 15 is 0 Å². The highest BCUT2D eigenvalue weighted by Gasteiger charge is 2.15. The monoisotopic (exact) mass is 262 g/mol. The van der Waals surface area contributed by atoms with Gasteiger partial charge in [-0.15, -0.1) is 0 Å². The summed E-state index contributed by atoms with van der Waals surface area (Å²) in [5, 5.41) is 6.86. The fraction of sp³-hybridized carbons (Fsp3) is 0.231. The van der Waals surface area contributed by atoms with E-state index < -0.39 is 11.7 Å². The topological polar surface area (TPSA) is 72.9 Å². The van der Waals surface area contributed by atoms with Crippen molar-refractivity contribution >= 4 is 17.3 Å². The van der Waals surface area contributed by atoms with Gasteiger partial charge in [0.1, 0.15) is 5.82 Å². The number of aryl methyl sites for hydroxylation is 2. The lowest BCUT2D eigenvalue weighted by molar-refractivity contribution is 0.102. The van der Waals surface area contributed by atoms with Gasteiger partial charge in [0.05, 0.1) is 16.9 Å². The predicted molar refractivity (Wildman–Crippen MR) is 71.4 cm³/mol. The number of anilines is 2. The molecule has 0 radical (unpaired) electrons. The molecule has 0 aliphatic heterocycles. The molecule has 0 saturated heterocycles. The Morgan fingerprint density at radius 2 is 2.26 bits per heavy atom. The molecule has 0 saturated carbocycles. The smallest absolute Gasteiger partial charge is 0.258 e. The Balaban J connectivity index is 2.25. The van der Waals surface area contributed by atoms with Crippen LogP contribution >= 0.6 is 0 Å². The third-order valence-corrected chi connectivity index (χ3v) is 2.73. The first-order valence-electron chi connectivity index (χ1n) is 5.90. The van der Waals surface area contributed by atoms with E-state index in [1.54, 1.807) is 17.9 Å². The number of carbonyl (C=O) groups is 1. The molecule has 0 spiro atoms. The zero-order valence-electron chi connectivity index (χ0n) is 10.8. The zero-order valence-corrected chi connectivity index (χ0v) is 10.8. The number of carbonyl (C=O) groups excluding carboxylic acids is 1. The Bertz CT molecular complexity index is 621. The highest BCUT2D eigenvalue weighted by Crippen LogP contribution is 2.17. The molecule has 1 amide bonds. The molecule has 0 bridgehead atoms. The van der Waals surface area contributed by atoms with Gasteiger partial charge < -0.3 is 11.1 Å². The van der Waals surface area contributed by atoms with E-state index in [0.717, 1.165) is 11.8 Å². The maximum atomic E-state index is 13.6. The summed E-state index contributed by atoms with van der Waals surface area (Å²) >= 11 is 0. The molecule has 19 heavy (non-hydrogen) atoms. The Kier molecular flexibility index (Phi) is 3.50. The van der Waals surface area contributed by atoms with Crippen LogP contribution in [0.2, 0.25) is 0 Å². The summed E-state index contributed by atoms with van der Waals surface area (Å²) in [6.45, 7) is 1.93. The van der Waals surface area contributed by atoms with Gasteiger partial charge in [-0.1, -0.05) is 6.92 Å². The molecule has 0 aliphatic rings. The van der Waals surface area contributed by atoms with Crippen LogP contribution in [-0.4, -0.2) is 15.7 Å². The number of benzene rings is 1. The summed E-state index contributed by atoms with van der Waals surface area (Å²) in [5.41, 5.74) is 7.03. The maximum Gasteiger partial charge on any atom is 0.258 e. The van der Waals surface area contributed by atoms with Crippen LogP contribution in [0.15, 0.2) is 24.4 Å². The van der Waals surface area contributed by atoms with E-state index in [2.05, 4.69) is 10.4 Å². The van der Waals surface area contributed by atoms with Crippen molar-refractivity contribution in [3.63, 3.8) is 0 Å². The number of halogens is 1. The van der Waals surface area contributed by atoms with E-state index in [1.807, 2.05) is 6.92 Å². The van der Waals surface area contributed by atoms with Gasteiger partial charge in [0.25, 0.3) is 5.91 Å². The van der Waals surface area contributed by atoms with Crippen molar-refractivity contribution in [1.29, 1.82) is 0 Å². The number of nitrogens with zero attached hydrogens (tertiary/aromatic N) is 2. The number of hydrogen-bond acceptors (Lipinski definition) is 3. The molecular weight excluding hydrogens is 247 g/mol. The van der Waals surface area contributed by atoms with Crippen LogP contribution in [-0.2, 0) is 13.5 Å². The van der Waals surface area contributed by atoms with Crippen LogP contribution in [0.5, 0.6) is 0 Å². The van der Waals surface area contributed by atoms with Crippen molar-refractivity contribution in [2.75, 3.05) is 11.1 Å². The van der Waals surface area contributed by atoms with Crippen LogP contribution < -0.4 is 11.1 Å². The van der Waals surface area contributed by atoms with Gasteiger partial charge in [-0.2, -0.15) is 5.10 Å². The van der Waals surface area contributed by atoms with Gasteiger partial charge in [-0.05, 0) is 24.6 Å². The number of aromatic nitrogens is 2. The summed E-state index contributed by atoms with van der Waals surface area (Å²) in [6, 6.07) is 3.98. The lowest BCUT2D eigenvalue weighted by Crippen LogP contribution is -2.14. The molecule has 2 aromatic rings. The SMILES string of the molecule is CCc1nn(C)cc1NC(=O)c1ccc(N)cc1F. The van der Waals surface area contributed by atoms with Gasteiger partial charge in [0.2, 0.25) is 0 Å². The number of nitrogens with two attached hydrogens (primary N) is 1. The standard InChI is InChI=1S/C13H15FN4O/c1-3-11-12(7-18(2)17-11)16-13(19)9-5-4-8(15)6-10(9)14/h4-7H,3,15H2,1-2H3,(H,16,19). The molecule has 6 heteroatoms. The fourth-order valence-corrected chi connectivity index (χ4v) is 1.81. The second kappa shape index (κ2) is 5.09. The van der Waals surface area contributed by atoms with Crippen molar-refractivity contribution in [1.82, 2.24) is 9.78 Å². The maximum absolute atomic E-state index is 13.6. The van der Waals surface area contributed by atoms with E-state index in [-0.39, 0.29) is 11.3 Å². The molecule has 100 valence electrons. The normalized spacial score (nSPS) is 10.5. The van der Waals surface area contributed by atoms with Gasteiger partial charge in [0, 0.05) is 18.9 Å². The molecule has 0 aliphatic carbocycles. The van der Waals surface area contributed by atoms with E-state index in [4.69, 9.17) is 5.73 Å². The zero-order chi connectivity index (χ0) is 14.0. The van der Waals surface area contributed by atoms with E-state index in [9.17, 15) is 9.18 Å². The molecular formula is C13H15FN4O. The summed E-state index contributed by atoms with van der Waals surface area (Å²) in [4.78, 5) is 12.0. The van der Waals surface area contributed by atoms with Gasteiger partial charge in [-0.25, -0.2) is 4.39 Å². The van der Waals surface area contributed by atoms with Crippen molar-refractivity contribution in [2.45, 2.75) is 13.3 Å². The molecule has 0 atom stereocenters. The van der Waals surface area contributed by atoms with Crippen LogP contribution in [0.25, 0.3) is 0 Å². The number of rotatable bonds is 3. The number of nitrogen functional groups attached to an aromatic ring is 1. The lowest BCUT2D eigenvalue weighted by Gasteiger charge is -2.06. The van der Waals surface area contributed by atoms with E-state index in [0.29, 0.717) is 12.1 Å². The average molecular weight is 262 g/mol. The van der Waals surface area contributed by atoms with Crippen LogP contribution in [0.1, 0.15) is 23.0 Å². The second-order valence-electron chi connectivity index (χ2n) is 4.21. The van der Waals surface area contributed by atoms with Crippen LogP contribution in [0.3, 0.4) is 0 Å².